The molecule has 0 aromatic heterocycles. The number of carbonyl (C=O) groups excluding carboxylic acids is 1. The third-order valence-electron chi connectivity index (χ3n) is 2.64. The van der Waals surface area contributed by atoms with Crippen LogP contribution in [0, 0.1) is 5.92 Å². The standard InChI is InChI=1S/C12H15NO2/c1-2-15-12(14)10-7-9-5-3-4-6-11(9)13-8-10/h3-6,10,13H,2,7-8H2,1H3/t10-/m1/s1. The second-order valence-corrected chi connectivity index (χ2v) is 3.69. The fraction of sp³-hybridized carbons (Fsp3) is 0.417. The number of hydrogen-bond acceptors (Lipinski definition) is 3. The maximum Gasteiger partial charge on any atom is 0.311 e. The Morgan fingerprint density at radius 3 is 3.13 bits per heavy atom. The summed E-state index contributed by atoms with van der Waals surface area (Å²) in [5.41, 5.74) is 2.33. The summed E-state index contributed by atoms with van der Waals surface area (Å²) in [6, 6.07) is 8.08. The number of esters is 1. The lowest BCUT2D eigenvalue weighted by molar-refractivity contribution is -0.147. The largest absolute Gasteiger partial charge is 0.466 e. The van der Waals surface area contributed by atoms with E-state index in [1.165, 1.54) is 5.56 Å². The quantitative estimate of drug-likeness (QED) is 0.749. The number of para-hydroxylation sites is 1. The van der Waals surface area contributed by atoms with Crippen molar-refractivity contribution in [3.05, 3.63) is 29.8 Å². The summed E-state index contributed by atoms with van der Waals surface area (Å²) in [6.07, 6.45) is 0.780. The molecule has 1 aliphatic heterocycles. The molecule has 0 radical (unpaired) electrons. The van der Waals surface area contributed by atoms with Crippen LogP contribution in [0.1, 0.15) is 12.5 Å². The molecule has 0 saturated heterocycles. The van der Waals surface area contributed by atoms with E-state index in [9.17, 15) is 4.79 Å². The van der Waals surface area contributed by atoms with E-state index in [1.54, 1.807) is 0 Å². The van der Waals surface area contributed by atoms with Crippen molar-refractivity contribution in [2.75, 3.05) is 18.5 Å². The van der Waals surface area contributed by atoms with Crippen LogP contribution >= 0.6 is 0 Å². The topological polar surface area (TPSA) is 38.3 Å². The Kier molecular flexibility index (Phi) is 2.90. The van der Waals surface area contributed by atoms with Crippen LogP contribution in [0.5, 0.6) is 0 Å². The van der Waals surface area contributed by atoms with Crippen molar-refractivity contribution in [3.8, 4) is 0 Å². The molecule has 0 spiro atoms. The van der Waals surface area contributed by atoms with Gasteiger partial charge >= 0.3 is 5.97 Å². The number of anilines is 1. The molecule has 1 N–H and O–H groups in total. The minimum Gasteiger partial charge on any atom is -0.466 e. The zero-order valence-corrected chi connectivity index (χ0v) is 8.82. The SMILES string of the molecule is CCOC(=O)[C@H]1CNc2ccccc2C1. The highest BCUT2D eigenvalue weighted by atomic mass is 16.5. The van der Waals surface area contributed by atoms with E-state index in [4.69, 9.17) is 4.74 Å². The van der Waals surface area contributed by atoms with Gasteiger partial charge in [-0.15, -0.1) is 0 Å². The smallest absolute Gasteiger partial charge is 0.311 e. The molecule has 0 bridgehead atoms. The van der Waals surface area contributed by atoms with Crippen molar-refractivity contribution in [1.82, 2.24) is 0 Å². The molecular weight excluding hydrogens is 190 g/mol. The van der Waals surface area contributed by atoms with E-state index in [0.29, 0.717) is 13.2 Å². The lowest BCUT2D eigenvalue weighted by atomic mass is 9.94. The highest BCUT2D eigenvalue weighted by Gasteiger charge is 2.24. The minimum atomic E-state index is -0.0977. The molecule has 1 aromatic carbocycles. The van der Waals surface area contributed by atoms with E-state index < -0.39 is 0 Å². The summed E-state index contributed by atoms with van der Waals surface area (Å²) >= 11 is 0. The molecule has 2 rings (SSSR count). The van der Waals surface area contributed by atoms with Crippen LogP contribution in [-0.4, -0.2) is 19.1 Å². The molecular formula is C12H15NO2. The third-order valence-corrected chi connectivity index (χ3v) is 2.64. The van der Waals surface area contributed by atoms with Crippen molar-refractivity contribution in [2.45, 2.75) is 13.3 Å². The second-order valence-electron chi connectivity index (χ2n) is 3.69. The summed E-state index contributed by atoms with van der Waals surface area (Å²) in [4.78, 5) is 11.5. The van der Waals surface area contributed by atoms with E-state index in [-0.39, 0.29) is 11.9 Å². The predicted octanol–water partition coefficient (Wildman–Crippen LogP) is 1.83. The molecule has 0 unspecified atom stereocenters. The second kappa shape index (κ2) is 4.34. The average molecular weight is 205 g/mol. The molecule has 0 fully saturated rings. The average Bonchev–Trinajstić information content (AvgIpc) is 2.29. The van der Waals surface area contributed by atoms with Crippen LogP contribution in [0.25, 0.3) is 0 Å². The number of rotatable bonds is 2. The monoisotopic (exact) mass is 205 g/mol. The number of ether oxygens (including phenoxy) is 1. The summed E-state index contributed by atoms with van der Waals surface area (Å²) < 4.78 is 5.02. The minimum absolute atomic E-state index is 0.0418. The van der Waals surface area contributed by atoms with Gasteiger partial charge in [0.1, 0.15) is 0 Å². The highest BCUT2D eigenvalue weighted by Crippen LogP contribution is 2.24. The van der Waals surface area contributed by atoms with E-state index in [0.717, 1.165) is 12.1 Å². The zero-order chi connectivity index (χ0) is 10.7. The van der Waals surface area contributed by atoms with Gasteiger partial charge in [0, 0.05) is 12.2 Å². The van der Waals surface area contributed by atoms with Crippen LogP contribution in [0.3, 0.4) is 0 Å². The maximum absolute atomic E-state index is 11.5. The number of nitrogens with one attached hydrogen (secondary N) is 1. The number of hydrogen-bond donors (Lipinski definition) is 1. The van der Waals surface area contributed by atoms with E-state index >= 15 is 0 Å². The van der Waals surface area contributed by atoms with E-state index in [2.05, 4.69) is 5.32 Å². The number of carbonyl (C=O) groups is 1. The van der Waals surface area contributed by atoms with Gasteiger partial charge in [0.05, 0.1) is 12.5 Å². The Morgan fingerprint density at radius 2 is 2.33 bits per heavy atom. The van der Waals surface area contributed by atoms with Gasteiger partial charge in [-0.05, 0) is 25.0 Å². The van der Waals surface area contributed by atoms with Crippen molar-refractivity contribution >= 4 is 11.7 Å². The van der Waals surface area contributed by atoms with Crippen LogP contribution in [0.2, 0.25) is 0 Å². The van der Waals surface area contributed by atoms with Gasteiger partial charge in [0.25, 0.3) is 0 Å². The molecule has 1 heterocycles. The van der Waals surface area contributed by atoms with Gasteiger partial charge in [-0.1, -0.05) is 18.2 Å². The lowest BCUT2D eigenvalue weighted by Crippen LogP contribution is -2.31. The molecule has 3 heteroatoms. The predicted molar refractivity (Wildman–Crippen MR) is 58.8 cm³/mol. The van der Waals surface area contributed by atoms with E-state index in [1.807, 2.05) is 31.2 Å². The molecule has 1 aromatic rings. The van der Waals surface area contributed by atoms with Crippen molar-refractivity contribution in [2.24, 2.45) is 5.92 Å². The Bertz CT molecular complexity index is 362. The van der Waals surface area contributed by atoms with Crippen LogP contribution in [0.15, 0.2) is 24.3 Å². The Hall–Kier alpha value is -1.51. The molecule has 1 atom stereocenters. The first-order chi connectivity index (χ1) is 7.31. The Labute approximate surface area is 89.4 Å². The summed E-state index contributed by atoms with van der Waals surface area (Å²) in [6.45, 7) is 2.97. The molecule has 1 aliphatic rings. The van der Waals surface area contributed by atoms with Gasteiger partial charge in [0.2, 0.25) is 0 Å². The summed E-state index contributed by atoms with van der Waals surface area (Å²) in [7, 11) is 0. The molecule has 0 aliphatic carbocycles. The molecule has 0 amide bonds. The van der Waals surface area contributed by atoms with Gasteiger partial charge in [-0.25, -0.2) is 0 Å². The highest BCUT2D eigenvalue weighted by molar-refractivity contribution is 5.75. The van der Waals surface area contributed by atoms with Gasteiger partial charge < -0.3 is 10.1 Å². The lowest BCUT2D eigenvalue weighted by Gasteiger charge is -2.24. The molecule has 15 heavy (non-hydrogen) atoms. The van der Waals surface area contributed by atoms with Crippen LogP contribution in [-0.2, 0) is 16.0 Å². The van der Waals surface area contributed by atoms with Crippen LogP contribution < -0.4 is 5.32 Å². The van der Waals surface area contributed by atoms with Gasteiger partial charge in [0.15, 0.2) is 0 Å². The maximum atomic E-state index is 11.5. The normalized spacial score (nSPS) is 18.9. The first-order valence-corrected chi connectivity index (χ1v) is 5.29. The fourth-order valence-electron chi connectivity index (χ4n) is 1.87. The summed E-state index contributed by atoms with van der Waals surface area (Å²) in [5.74, 6) is -0.139. The first kappa shape index (κ1) is 10.0. The Balaban J connectivity index is 2.08. The van der Waals surface area contributed by atoms with Crippen molar-refractivity contribution in [1.29, 1.82) is 0 Å². The Morgan fingerprint density at radius 1 is 1.53 bits per heavy atom. The molecule has 80 valence electrons. The van der Waals surface area contributed by atoms with Crippen molar-refractivity contribution < 1.29 is 9.53 Å². The molecule has 3 nitrogen and oxygen atoms in total. The van der Waals surface area contributed by atoms with Crippen LogP contribution in [0.4, 0.5) is 5.69 Å². The number of benzene rings is 1. The first-order valence-electron chi connectivity index (χ1n) is 5.29. The van der Waals surface area contributed by atoms with Crippen molar-refractivity contribution in [3.63, 3.8) is 0 Å². The molecule has 0 saturated carbocycles. The third kappa shape index (κ3) is 2.12. The number of fused-ring (bicyclic) bond motifs is 1. The fourth-order valence-corrected chi connectivity index (χ4v) is 1.87. The van der Waals surface area contributed by atoms with Gasteiger partial charge in [-0.3, -0.25) is 4.79 Å². The zero-order valence-electron chi connectivity index (χ0n) is 8.82. The summed E-state index contributed by atoms with van der Waals surface area (Å²) in [5, 5.41) is 3.25. The van der Waals surface area contributed by atoms with Gasteiger partial charge in [-0.2, -0.15) is 0 Å².